The average molecular weight is 211 g/mol. The van der Waals surface area contributed by atoms with Gasteiger partial charge in [0.1, 0.15) is 5.78 Å². The Morgan fingerprint density at radius 3 is 2.87 bits per heavy atom. The maximum Gasteiger partial charge on any atom is 0.136 e. The van der Waals surface area contributed by atoms with E-state index >= 15 is 0 Å². The molecule has 1 saturated carbocycles. The number of hydrogen-bond donors (Lipinski definition) is 1. The summed E-state index contributed by atoms with van der Waals surface area (Å²) in [6.07, 6.45) is 5.89. The first kappa shape index (κ1) is 11.1. The molecule has 1 aliphatic carbocycles. The number of aliphatic hydroxyl groups excluding tert-OH is 1. The predicted octanol–water partition coefficient (Wildman–Crippen LogP) is 1.20. The highest BCUT2D eigenvalue weighted by Gasteiger charge is 2.25. The third kappa shape index (κ3) is 3.02. The lowest BCUT2D eigenvalue weighted by Crippen LogP contribution is -2.39. The van der Waals surface area contributed by atoms with Crippen LogP contribution in [0, 0.1) is 5.92 Å². The lowest BCUT2D eigenvalue weighted by molar-refractivity contribution is -0.120. The minimum atomic E-state index is -0.141. The van der Waals surface area contributed by atoms with Gasteiger partial charge in [-0.2, -0.15) is 0 Å². The number of β-amino-alcohol motifs (C(OH)–C–C–N with tert-alkyl or cyclic N) is 1. The molecule has 2 fully saturated rings. The van der Waals surface area contributed by atoms with Gasteiger partial charge < -0.3 is 10.0 Å². The van der Waals surface area contributed by atoms with E-state index in [4.69, 9.17) is 0 Å². The summed E-state index contributed by atoms with van der Waals surface area (Å²) in [5.74, 6) is 0.789. The van der Waals surface area contributed by atoms with Gasteiger partial charge in [0.25, 0.3) is 0 Å². The summed E-state index contributed by atoms with van der Waals surface area (Å²) in [6, 6.07) is 0. The van der Waals surface area contributed by atoms with Crippen molar-refractivity contribution in [3.63, 3.8) is 0 Å². The number of Topliss-reactive ketones (excluding diaryl/α,β-unsaturated/α-hetero) is 1. The number of nitrogens with zero attached hydrogens (tertiary/aromatic N) is 1. The van der Waals surface area contributed by atoms with Crippen molar-refractivity contribution in [2.24, 2.45) is 5.92 Å². The zero-order valence-electron chi connectivity index (χ0n) is 9.32. The monoisotopic (exact) mass is 211 g/mol. The molecule has 0 aromatic carbocycles. The molecule has 86 valence electrons. The van der Waals surface area contributed by atoms with E-state index in [-0.39, 0.29) is 6.10 Å². The molecule has 15 heavy (non-hydrogen) atoms. The number of likely N-dealkylation sites (tertiary alicyclic amines) is 1. The first-order chi connectivity index (χ1) is 7.25. The van der Waals surface area contributed by atoms with Crippen molar-refractivity contribution in [1.29, 1.82) is 0 Å². The number of carbonyl (C=O) groups excluding carboxylic acids is 1. The molecule has 3 heteroatoms. The number of ketones is 1. The largest absolute Gasteiger partial charge is 0.392 e. The molecule has 0 aromatic rings. The number of carbonyl (C=O) groups is 1. The van der Waals surface area contributed by atoms with Gasteiger partial charge in [-0.3, -0.25) is 4.79 Å². The van der Waals surface area contributed by atoms with Crippen molar-refractivity contribution in [3.8, 4) is 0 Å². The lowest BCUT2D eigenvalue weighted by Gasteiger charge is -2.30. The van der Waals surface area contributed by atoms with Crippen LogP contribution >= 0.6 is 0 Å². The molecule has 0 amide bonds. The van der Waals surface area contributed by atoms with Crippen LogP contribution in [-0.2, 0) is 4.79 Å². The predicted molar refractivity (Wildman–Crippen MR) is 58.6 cm³/mol. The Bertz CT molecular complexity index is 230. The van der Waals surface area contributed by atoms with E-state index in [0.717, 1.165) is 58.2 Å². The second-order valence-corrected chi connectivity index (χ2v) is 4.94. The second-order valence-electron chi connectivity index (χ2n) is 4.94. The molecule has 0 spiro atoms. The smallest absolute Gasteiger partial charge is 0.136 e. The molecule has 0 radical (unpaired) electrons. The number of hydrogen-bond acceptors (Lipinski definition) is 3. The number of aliphatic hydroxyl groups is 1. The van der Waals surface area contributed by atoms with Crippen molar-refractivity contribution in [3.05, 3.63) is 0 Å². The number of piperidine rings is 1. The summed E-state index contributed by atoms with van der Waals surface area (Å²) in [4.78, 5) is 13.7. The van der Waals surface area contributed by atoms with Gasteiger partial charge in [0.15, 0.2) is 0 Å². The lowest BCUT2D eigenvalue weighted by atomic mass is 10.0. The van der Waals surface area contributed by atoms with Crippen molar-refractivity contribution >= 4 is 5.78 Å². The molecular formula is C12H21NO2. The fourth-order valence-corrected chi connectivity index (χ4v) is 2.77. The summed E-state index contributed by atoms with van der Waals surface area (Å²) < 4.78 is 0. The molecule has 2 aliphatic rings. The molecule has 2 unspecified atom stereocenters. The Morgan fingerprint density at radius 2 is 2.20 bits per heavy atom. The summed E-state index contributed by atoms with van der Waals surface area (Å²) >= 11 is 0. The molecule has 3 nitrogen and oxygen atoms in total. The standard InChI is InChI=1S/C12H21NO2/c14-11-4-2-7-13(9-11)8-6-10-3-1-5-12(10)15/h10-11,14H,1-9H2. The van der Waals surface area contributed by atoms with Crippen LogP contribution in [0.5, 0.6) is 0 Å². The van der Waals surface area contributed by atoms with Crippen molar-refractivity contribution in [2.45, 2.75) is 44.6 Å². The molecule has 0 aromatic heterocycles. The Kier molecular flexibility index (Phi) is 3.76. The molecule has 1 saturated heterocycles. The fourth-order valence-electron chi connectivity index (χ4n) is 2.77. The topological polar surface area (TPSA) is 40.5 Å². The first-order valence-corrected chi connectivity index (χ1v) is 6.19. The maximum atomic E-state index is 11.4. The molecule has 1 aliphatic heterocycles. The molecule has 2 rings (SSSR count). The highest BCUT2D eigenvalue weighted by Crippen LogP contribution is 2.24. The normalized spacial score (nSPS) is 33.5. The quantitative estimate of drug-likeness (QED) is 0.762. The zero-order valence-corrected chi connectivity index (χ0v) is 9.32. The van der Waals surface area contributed by atoms with Crippen molar-refractivity contribution in [1.82, 2.24) is 4.90 Å². The Hall–Kier alpha value is -0.410. The number of rotatable bonds is 3. The van der Waals surface area contributed by atoms with Crippen LogP contribution in [0.2, 0.25) is 0 Å². The minimum Gasteiger partial charge on any atom is -0.392 e. The van der Waals surface area contributed by atoms with E-state index in [1.54, 1.807) is 0 Å². The van der Waals surface area contributed by atoms with Gasteiger partial charge in [-0.05, 0) is 45.2 Å². The SMILES string of the molecule is O=C1CCCC1CCN1CCCC(O)C1. The Labute approximate surface area is 91.5 Å². The summed E-state index contributed by atoms with van der Waals surface area (Å²) in [5, 5.41) is 9.51. The van der Waals surface area contributed by atoms with Gasteiger partial charge in [-0.1, -0.05) is 0 Å². The average Bonchev–Trinajstić information content (AvgIpc) is 2.61. The van der Waals surface area contributed by atoms with Gasteiger partial charge in [-0.25, -0.2) is 0 Å². The minimum absolute atomic E-state index is 0.141. The summed E-state index contributed by atoms with van der Waals surface area (Å²) in [5.41, 5.74) is 0. The highest BCUT2D eigenvalue weighted by atomic mass is 16.3. The van der Waals surface area contributed by atoms with Crippen LogP contribution in [0.15, 0.2) is 0 Å². The molecule has 2 atom stereocenters. The van der Waals surface area contributed by atoms with Crippen LogP contribution in [0.4, 0.5) is 0 Å². The molecule has 0 bridgehead atoms. The van der Waals surface area contributed by atoms with Crippen molar-refractivity contribution < 1.29 is 9.90 Å². The third-order valence-corrected chi connectivity index (χ3v) is 3.71. The van der Waals surface area contributed by atoms with E-state index in [0.29, 0.717) is 11.7 Å². The third-order valence-electron chi connectivity index (χ3n) is 3.71. The summed E-state index contributed by atoms with van der Waals surface area (Å²) in [6.45, 7) is 2.90. The molecule has 1 N–H and O–H groups in total. The van der Waals surface area contributed by atoms with E-state index in [1.165, 1.54) is 0 Å². The first-order valence-electron chi connectivity index (χ1n) is 6.19. The summed E-state index contributed by atoms with van der Waals surface area (Å²) in [7, 11) is 0. The van der Waals surface area contributed by atoms with Crippen LogP contribution in [-0.4, -0.2) is 41.5 Å². The highest BCUT2D eigenvalue weighted by molar-refractivity contribution is 5.82. The van der Waals surface area contributed by atoms with Crippen LogP contribution in [0.1, 0.15) is 38.5 Å². The Balaban J connectivity index is 1.70. The Morgan fingerprint density at radius 1 is 1.33 bits per heavy atom. The van der Waals surface area contributed by atoms with Gasteiger partial charge in [-0.15, -0.1) is 0 Å². The van der Waals surface area contributed by atoms with Gasteiger partial charge in [0.2, 0.25) is 0 Å². The van der Waals surface area contributed by atoms with Gasteiger partial charge in [0, 0.05) is 18.9 Å². The fraction of sp³-hybridized carbons (Fsp3) is 0.917. The van der Waals surface area contributed by atoms with E-state index in [1.807, 2.05) is 0 Å². The zero-order chi connectivity index (χ0) is 10.7. The molecule has 1 heterocycles. The maximum absolute atomic E-state index is 11.4. The van der Waals surface area contributed by atoms with E-state index in [9.17, 15) is 9.90 Å². The van der Waals surface area contributed by atoms with Gasteiger partial charge in [0.05, 0.1) is 6.10 Å². The van der Waals surface area contributed by atoms with Crippen LogP contribution in [0.3, 0.4) is 0 Å². The van der Waals surface area contributed by atoms with Crippen molar-refractivity contribution in [2.75, 3.05) is 19.6 Å². The second kappa shape index (κ2) is 5.08. The van der Waals surface area contributed by atoms with Crippen LogP contribution in [0.25, 0.3) is 0 Å². The van der Waals surface area contributed by atoms with E-state index in [2.05, 4.69) is 4.90 Å². The van der Waals surface area contributed by atoms with E-state index < -0.39 is 0 Å². The van der Waals surface area contributed by atoms with Gasteiger partial charge >= 0.3 is 0 Å². The molecular weight excluding hydrogens is 190 g/mol. The van der Waals surface area contributed by atoms with Crippen LogP contribution < -0.4 is 0 Å².